The van der Waals surface area contributed by atoms with Crippen LogP contribution in [-0.4, -0.2) is 13.0 Å². The molecule has 1 N–H and O–H groups in total. The summed E-state index contributed by atoms with van der Waals surface area (Å²) in [6.07, 6.45) is 2.65. The third-order valence-electron chi connectivity index (χ3n) is 2.49. The second kappa shape index (κ2) is 9.10. The zero-order valence-corrected chi connectivity index (χ0v) is 12.7. The van der Waals surface area contributed by atoms with Gasteiger partial charge in [-0.25, -0.2) is 18.2 Å². The standard InChI is InChI=1S/C9H13O3S.C5H5.Fe/c1-2-3-5-8-6-4-7-9(8)13(10,11)12;1-2-4-5-3-1;/h4,6-7H,2-3,5H2,1H3,(H,10,11,12);1-5H;/q2*-1;+2. The summed E-state index contributed by atoms with van der Waals surface area (Å²) in [5.41, 5.74) is 0.712. The van der Waals surface area contributed by atoms with Crippen LogP contribution in [0.5, 0.6) is 0 Å². The minimum absolute atomic E-state index is 0. The smallest absolute Gasteiger partial charge is 0.283 e. The van der Waals surface area contributed by atoms with Crippen molar-refractivity contribution in [2.45, 2.75) is 31.1 Å². The molecule has 3 nitrogen and oxygen atoms in total. The third kappa shape index (κ3) is 6.73. The molecule has 0 atom stereocenters. The Kier molecular flexibility index (Phi) is 8.68. The van der Waals surface area contributed by atoms with Crippen molar-refractivity contribution < 1.29 is 30.0 Å². The molecule has 0 aliphatic carbocycles. The molecular formula is C14H18FeO3S. The predicted octanol–water partition coefficient (Wildman–Crippen LogP) is 3.40. The van der Waals surface area contributed by atoms with Crippen molar-refractivity contribution in [3.63, 3.8) is 0 Å². The van der Waals surface area contributed by atoms with Crippen LogP contribution in [0.1, 0.15) is 25.3 Å². The first kappa shape index (κ1) is 18.1. The van der Waals surface area contributed by atoms with Gasteiger partial charge in [-0.1, -0.05) is 26.2 Å². The fourth-order valence-corrected chi connectivity index (χ4v) is 2.34. The van der Waals surface area contributed by atoms with Crippen molar-refractivity contribution in [3.05, 3.63) is 54.1 Å². The van der Waals surface area contributed by atoms with Gasteiger partial charge in [-0.2, -0.15) is 44.3 Å². The largest absolute Gasteiger partial charge is 2.00 e. The van der Waals surface area contributed by atoms with Crippen molar-refractivity contribution in [2.75, 3.05) is 0 Å². The SMILES string of the molecule is CCCCc1cc[cH-]c1S(=O)(=O)O.[Fe+2].c1cc[cH-]c1. The van der Waals surface area contributed by atoms with Crippen LogP contribution in [0.15, 0.2) is 53.4 Å². The predicted molar refractivity (Wildman–Crippen MR) is 72.5 cm³/mol. The summed E-state index contributed by atoms with van der Waals surface area (Å²) in [7, 11) is -4.02. The molecule has 0 unspecified atom stereocenters. The normalized spacial score (nSPS) is 10.2. The number of aryl methyl sites for hydroxylation is 1. The molecule has 106 valence electrons. The van der Waals surface area contributed by atoms with E-state index >= 15 is 0 Å². The van der Waals surface area contributed by atoms with Crippen LogP contribution in [0.2, 0.25) is 0 Å². The molecule has 0 saturated heterocycles. The van der Waals surface area contributed by atoms with E-state index in [9.17, 15) is 8.42 Å². The summed E-state index contributed by atoms with van der Waals surface area (Å²) in [6.45, 7) is 2.04. The van der Waals surface area contributed by atoms with Gasteiger partial charge in [0.05, 0.1) is 0 Å². The molecule has 19 heavy (non-hydrogen) atoms. The van der Waals surface area contributed by atoms with Gasteiger partial charge < -0.3 is 0 Å². The minimum atomic E-state index is -4.02. The van der Waals surface area contributed by atoms with Crippen LogP contribution in [-0.2, 0) is 33.6 Å². The molecule has 5 heteroatoms. The number of unbranched alkanes of at least 4 members (excludes halogenated alkanes) is 1. The third-order valence-corrected chi connectivity index (χ3v) is 3.45. The zero-order valence-electron chi connectivity index (χ0n) is 10.8. The fourth-order valence-electron chi connectivity index (χ4n) is 1.59. The topological polar surface area (TPSA) is 54.4 Å². The maximum Gasteiger partial charge on any atom is 2.00 e. The zero-order chi connectivity index (χ0) is 13.4. The van der Waals surface area contributed by atoms with Crippen molar-refractivity contribution in [3.8, 4) is 0 Å². The maximum atomic E-state index is 10.8. The van der Waals surface area contributed by atoms with E-state index in [4.69, 9.17) is 4.55 Å². The molecule has 0 aliphatic rings. The molecule has 0 spiro atoms. The number of hydrogen-bond acceptors (Lipinski definition) is 2. The van der Waals surface area contributed by atoms with Crippen molar-refractivity contribution in [1.82, 2.24) is 0 Å². The average molecular weight is 322 g/mol. The Hall–Kier alpha value is -0.871. The Balaban J connectivity index is 0.000000454. The summed E-state index contributed by atoms with van der Waals surface area (Å²) in [5, 5.41) is 0. The van der Waals surface area contributed by atoms with Crippen molar-refractivity contribution in [2.24, 2.45) is 0 Å². The second-order valence-corrected chi connectivity index (χ2v) is 5.35. The quantitative estimate of drug-likeness (QED) is 0.533. The summed E-state index contributed by atoms with van der Waals surface area (Å²) < 4.78 is 30.5. The molecule has 2 aromatic rings. The fraction of sp³-hybridized carbons (Fsp3) is 0.286. The van der Waals surface area contributed by atoms with E-state index < -0.39 is 10.1 Å². The monoisotopic (exact) mass is 322 g/mol. The van der Waals surface area contributed by atoms with E-state index in [1.165, 1.54) is 6.07 Å². The first-order valence-electron chi connectivity index (χ1n) is 5.94. The Labute approximate surface area is 125 Å². The summed E-state index contributed by atoms with van der Waals surface area (Å²) in [5.74, 6) is 0. The van der Waals surface area contributed by atoms with Gasteiger partial charge in [-0.15, -0.1) is 0 Å². The molecule has 0 aliphatic heterocycles. The average Bonchev–Trinajstić information content (AvgIpc) is 2.99. The van der Waals surface area contributed by atoms with Crippen LogP contribution < -0.4 is 0 Å². The molecule has 2 aromatic carbocycles. The first-order chi connectivity index (χ1) is 8.55. The van der Waals surface area contributed by atoms with Gasteiger partial charge in [0.2, 0.25) is 0 Å². The Morgan fingerprint density at radius 1 is 1.21 bits per heavy atom. The molecule has 2 rings (SSSR count). The van der Waals surface area contributed by atoms with Gasteiger partial charge in [0, 0.05) is 0 Å². The second-order valence-electron chi connectivity index (χ2n) is 3.96. The van der Waals surface area contributed by atoms with E-state index in [1.807, 2.05) is 37.3 Å². The molecule has 0 heterocycles. The molecule has 0 fully saturated rings. The van der Waals surface area contributed by atoms with E-state index in [1.54, 1.807) is 12.1 Å². The van der Waals surface area contributed by atoms with Crippen LogP contribution in [0.4, 0.5) is 0 Å². The van der Waals surface area contributed by atoms with Crippen LogP contribution in [0, 0.1) is 0 Å². The Morgan fingerprint density at radius 3 is 2.26 bits per heavy atom. The van der Waals surface area contributed by atoms with Gasteiger partial charge in [0.15, 0.2) is 0 Å². The molecule has 0 radical (unpaired) electrons. The molecular weight excluding hydrogens is 304 g/mol. The van der Waals surface area contributed by atoms with Gasteiger partial charge >= 0.3 is 17.1 Å². The van der Waals surface area contributed by atoms with Gasteiger partial charge in [0.1, 0.15) is 0 Å². The molecule has 0 bridgehead atoms. The number of rotatable bonds is 4. The van der Waals surface area contributed by atoms with Crippen molar-refractivity contribution in [1.29, 1.82) is 0 Å². The molecule has 0 amide bonds. The van der Waals surface area contributed by atoms with E-state index in [0.717, 1.165) is 12.8 Å². The van der Waals surface area contributed by atoms with E-state index in [0.29, 0.717) is 12.0 Å². The Morgan fingerprint density at radius 2 is 1.84 bits per heavy atom. The van der Waals surface area contributed by atoms with Gasteiger partial charge in [0.25, 0.3) is 10.1 Å². The molecule has 0 saturated carbocycles. The van der Waals surface area contributed by atoms with Gasteiger partial charge in [-0.3, -0.25) is 4.55 Å². The van der Waals surface area contributed by atoms with Crippen molar-refractivity contribution >= 4 is 10.1 Å². The maximum absolute atomic E-state index is 10.8. The van der Waals surface area contributed by atoms with Crippen LogP contribution >= 0.6 is 0 Å². The van der Waals surface area contributed by atoms with Crippen LogP contribution in [0.3, 0.4) is 0 Å². The van der Waals surface area contributed by atoms with Crippen LogP contribution in [0.25, 0.3) is 0 Å². The van der Waals surface area contributed by atoms with E-state index in [2.05, 4.69) is 0 Å². The first-order valence-corrected chi connectivity index (χ1v) is 7.38. The summed E-state index contributed by atoms with van der Waals surface area (Å²) in [4.78, 5) is 0.0564. The number of hydrogen-bond donors (Lipinski definition) is 1. The molecule has 0 aromatic heterocycles. The summed E-state index contributed by atoms with van der Waals surface area (Å²) in [6, 6.07) is 14.8. The Bertz CT molecular complexity index is 510. The van der Waals surface area contributed by atoms with Gasteiger partial charge in [-0.05, 0) is 4.90 Å². The minimum Gasteiger partial charge on any atom is -0.283 e. The van der Waals surface area contributed by atoms with E-state index in [-0.39, 0.29) is 22.0 Å². The summed E-state index contributed by atoms with van der Waals surface area (Å²) >= 11 is 0.